The molecule has 170 valence electrons. The minimum Gasteiger partial charge on any atom is -0.333 e. The zero-order chi connectivity index (χ0) is 23.6. The van der Waals surface area contributed by atoms with E-state index in [1.807, 2.05) is 58.9 Å². The molecule has 0 radical (unpaired) electrons. The predicted molar refractivity (Wildman–Crippen MR) is 126 cm³/mol. The Labute approximate surface area is 190 Å². The first-order valence-corrected chi connectivity index (χ1v) is 10.8. The van der Waals surface area contributed by atoms with Crippen LogP contribution in [0, 0.1) is 0 Å². The Kier molecular flexibility index (Phi) is 7.42. The van der Waals surface area contributed by atoms with Gasteiger partial charge in [-0.3, -0.25) is 4.79 Å². The maximum atomic E-state index is 12.9. The van der Waals surface area contributed by atoms with Crippen LogP contribution in [0.3, 0.4) is 0 Å². The summed E-state index contributed by atoms with van der Waals surface area (Å²) in [5.74, 6) is 0.189. The van der Waals surface area contributed by atoms with E-state index in [0.717, 1.165) is 5.69 Å². The van der Waals surface area contributed by atoms with Crippen LogP contribution in [0.4, 0.5) is 10.6 Å². The Bertz CT molecular complexity index is 938. The highest BCUT2D eigenvalue weighted by Crippen LogP contribution is 2.29. The van der Waals surface area contributed by atoms with Gasteiger partial charge in [0.1, 0.15) is 12.4 Å². The van der Waals surface area contributed by atoms with Crippen molar-refractivity contribution in [2.45, 2.75) is 72.4 Å². The normalized spacial score (nSPS) is 12.1. The number of aromatic nitrogens is 2. The Hall–Kier alpha value is -2.54. The lowest BCUT2D eigenvalue weighted by molar-refractivity contribution is -0.117. The van der Waals surface area contributed by atoms with Gasteiger partial charge in [-0.15, -0.1) is 0 Å². The Morgan fingerprint density at radius 3 is 2.26 bits per heavy atom. The van der Waals surface area contributed by atoms with Crippen LogP contribution in [-0.2, 0) is 10.2 Å². The molecule has 2 rings (SSSR count). The molecule has 3 amide bonds. The summed E-state index contributed by atoms with van der Waals surface area (Å²) in [7, 11) is 0. The van der Waals surface area contributed by atoms with Crippen LogP contribution in [0.15, 0.2) is 30.3 Å². The first-order chi connectivity index (χ1) is 14.2. The van der Waals surface area contributed by atoms with Gasteiger partial charge in [-0.1, -0.05) is 44.5 Å². The number of halogens is 1. The molecule has 0 bridgehead atoms. The number of rotatable bonds is 5. The van der Waals surface area contributed by atoms with Crippen molar-refractivity contribution in [1.82, 2.24) is 20.0 Å². The zero-order valence-electron chi connectivity index (χ0n) is 19.7. The van der Waals surface area contributed by atoms with Gasteiger partial charge in [-0.05, 0) is 46.8 Å². The van der Waals surface area contributed by atoms with Crippen LogP contribution in [0.25, 0.3) is 5.69 Å². The van der Waals surface area contributed by atoms with Crippen LogP contribution in [0.5, 0.6) is 0 Å². The van der Waals surface area contributed by atoms with Crippen LogP contribution in [0.2, 0.25) is 5.02 Å². The summed E-state index contributed by atoms with van der Waals surface area (Å²) < 4.78 is 1.63. The summed E-state index contributed by atoms with van der Waals surface area (Å²) >= 11 is 6.39. The maximum Gasteiger partial charge on any atom is 0.318 e. The fourth-order valence-electron chi connectivity index (χ4n) is 2.86. The van der Waals surface area contributed by atoms with E-state index >= 15 is 0 Å². The third-order valence-electron chi connectivity index (χ3n) is 4.51. The number of amides is 3. The van der Waals surface area contributed by atoms with Crippen molar-refractivity contribution in [1.29, 1.82) is 0 Å². The molecule has 2 N–H and O–H groups in total. The predicted octanol–water partition coefficient (Wildman–Crippen LogP) is 4.98. The van der Waals surface area contributed by atoms with Crippen molar-refractivity contribution in [3.05, 3.63) is 41.0 Å². The van der Waals surface area contributed by atoms with Gasteiger partial charge in [0, 0.05) is 23.1 Å². The molecule has 0 saturated carbocycles. The number of nitrogens with zero attached hydrogens (tertiary/aromatic N) is 3. The smallest absolute Gasteiger partial charge is 0.318 e. The molecule has 0 aliphatic rings. The van der Waals surface area contributed by atoms with E-state index in [9.17, 15) is 9.59 Å². The number of benzene rings is 1. The second-order valence-corrected chi connectivity index (χ2v) is 10.4. The number of carbonyl (C=O) groups is 2. The molecule has 1 heterocycles. The van der Waals surface area contributed by atoms with Gasteiger partial charge in [-0.2, -0.15) is 5.10 Å². The number of anilines is 1. The van der Waals surface area contributed by atoms with E-state index in [4.69, 9.17) is 11.6 Å². The Morgan fingerprint density at radius 1 is 1.13 bits per heavy atom. The average molecular weight is 448 g/mol. The van der Waals surface area contributed by atoms with Crippen LogP contribution >= 0.6 is 11.6 Å². The van der Waals surface area contributed by atoms with Gasteiger partial charge >= 0.3 is 6.03 Å². The minimum absolute atomic E-state index is 0.0852. The van der Waals surface area contributed by atoms with E-state index in [0.29, 0.717) is 16.5 Å². The maximum absolute atomic E-state index is 12.9. The van der Waals surface area contributed by atoms with E-state index in [2.05, 4.69) is 36.5 Å². The summed E-state index contributed by atoms with van der Waals surface area (Å²) in [5.41, 5.74) is 0.864. The van der Waals surface area contributed by atoms with Crippen molar-refractivity contribution < 1.29 is 9.59 Å². The second-order valence-electron chi connectivity index (χ2n) is 9.98. The first kappa shape index (κ1) is 24.7. The molecule has 0 spiro atoms. The van der Waals surface area contributed by atoms with Gasteiger partial charge in [0.2, 0.25) is 5.91 Å². The molecule has 8 heteroatoms. The van der Waals surface area contributed by atoms with Crippen molar-refractivity contribution in [2.75, 3.05) is 11.9 Å². The standard InChI is InChI=1S/C23H34ClN5O2/c1-15(2)28(21(31)26-23(6,7)8)14-20(30)25-19-13-18(22(3,4)5)27-29(19)17-12-10-9-11-16(17)24/h9-13,15H,14H2,1-8H3,(H,25,30)(H,26,31). The van der Waals surface area contributed by atoms with Gasteiger partial charge in [0.05, 0.1) is 16.4 Å². The largest absolute Gasteiger partial charge is 0.333 e. The van der Waals surface area contributed by atoms with Crippen molar-refractivity contribution in [3.8, 4) is 5.69 Å². The second kappa shape index (κ2) is 9.30. The van der Waals surface area contributed by atoms with Crippen molar-refractivity contribution >= 4 is 29.4 Å². The summed E-state index contributed by atoms with van der Waals surface area (Å²) in [4.78, 5) is 27.1. The molecule has 2 aromatic rings. The molecule has 7 nitrogen and oxygen atoms in total. The van der Waals surface area contributed by atoms with Crippen LogP contribution < -0.4 is 10.6 Å². The number of hydrogen-bond acceptors (Lipinski definition) is 3. The number of carbonyl (C=O) groups excluding carboxylic acids is 2. The third kappa shape index (κ3) is 6.72. The van der Waals surface area contributed by atoms with E-state index < -0.39 is 5.54 Å². The minimum atomic E-state index is -0.398. The van der Waals surface area contributed by atoms with Crippen LogP contribution in [0.1, 0.15) is 61.1 Å². The summed E-state index contributed by atoms with van der Waals surface area (Å²) in [6, 6.07) is 8.73. The molecule has 0 saturated heterocycles. The quantitative estimate of drug-likeness (QED) is 0.678. The molecule has 31 heavy (non-hydrogen) atoms. The molecule has 0 fully saturated rings. The van der Waals surface area contributed by atoms with E-state index in [-0.39, 0.29) is 29.9 Å². The Balaban J connectivity index is 2.32. The molecule has 0 aliphatic heterocycles. The lowest BCUT2D eigenvalue weighted by Gasteiger charge is -2.30. The third-order valence-corrected chi connectivity index (χ3v) is 4.83. The lowest BCUT2D eigenvalue weighted by atomic mass is 9.92. The highest BCUT2D eigenvalue weighted by Gasteiger charge is 2.26. The number of hydrogen-bond donors (Lipinski definition) is 2. The topological polar surface area (TPSA) is 79.3 Å². The molecular formula is C23H34ClN5O2. The molecule has 1 aromatic heterocycles. The average Bonchev–Trinajstić information content (AvgIpc) is 3.02. The van der Waals surface area contributed by atoms with Crippen molar-refractivity contribution in [3.63, 3.8) is 0 Å². The Morgan fingerprint density at radius 2 is 1.74 bits per heavy atom. The summed E-state index contributed by atoms with van der Waals surface area (Å²) in [5, 5.41) is 11.0. The summed E-state index contributed by atoms with van der Waals surface area (Å²) in [6.07, 6.45) is 0. The van der Waals surface area contributed by atoms with Crippen LogP contribution in [-0.4, -0.2) is 44.7 Å². The van der Waals surface area contributed by atoms with E-state index in [1.165, 1.54) is 4.90 Å². The van der Waals surface area contributed by atoms with Gasteiger partial charge < -0.3 is 15.5 Å². The summed E-state index contributed by atoms with van der Waals surface area (Å²) in [6.45, 7) is 15.5. The number of nitrogens with one attached hydrogen (secondary N) is 2. The fourth-order valence-corrected chi connectivity index (χ4v) is 3.08. The van der Waals surface area contributed by atoms with Gasteiger partial charge in [0.25, 0.3) is 0 Å². The molecule has 0 unspecified atom stereocenters. The SMILES string of the molecule is CC(C)N(CC(=O)Nc1cc(C(C)(C)C)nn1-c1ccccc1Cl)C(=O)NC(C)(C)C. The van der Waals surface area contributed by atoms with Crippen molar-refractivity contribution in [2.24, 2.45) is 0 Å². The number of urea groups is 1. The van der Waals surface area contributed by atoms with Gasteiger partial charge in [-0.25, -0.2) is 9.48 Å². The lowest BCUT2D eigenvalue weighted by Crippen LogP contribution is -2.52. The zero-order valence-corrected chi connectivity index (χ0v) is 20.5. The molecule has 0 atom stereocenters. The van der Waals surface area contributed by atoms with Gasteiger partial charge in [0.15, 0.2) is 0 Å². The molecule has 1 aromatic carbocycles. The monoisotopic (exact) mass is 447 g/mol. The molecule has 0 aliphatic carbocycles. The highest BCUT2D eigenvalue weighted by molar-refractivity contribution is 6.32. The molecular weight excluding hydrogens is 414 g/mol. The first-order valence-electron chi connectivity index (χ1n) is 10.4. The van der Waals surface area contributed by atoms with E-state index in [1.54, 1.807) is 10.7 Å². The number of para-hydroxylation sites is 1. The highest BCUT2D eigenvalue weighted by atomic mass is 35.5. The fraction of sp³-hybridized carbons (Fsp3) is 0.522.